The molecule has 2 aromatic heterocycles. The van der Waals surface area contributed by atoms with E-state index in [1.807, 2.05) is 0 Å². The van der Waals surface area contributed by atoms with Crippen LogP contribution >= 0.6 is 0 Å². The summed E-state index contributed by atoms with van der Waals surface area (Å²) in [6.45, 7) is 0.526. The summed E-state index contributed by atoms with van der Waals surface area (Å²) in [6.07, 6.45) is 1.73. The van der Waals surface area contributed by atoms with Gasteiger partial charge in [0.25, 0.3) is 5.91 Å². The zero-order valence-electron chi connectivity index (χ0n) is 18.1. The van der Waals surface area contributed by atoms with E-state index in [4.69, 9.17) is 0 Å². The molecule has 1 aromatic carbocycles. The average molecular weight is 472 g/mol. The van der Waals surface area contributed by atoms with Crippen molar-refractivity contribution >= 4 is 11.7 Å². The monoisotopic (exact) mass is 472 g/mol. The number of benzene rings is 1. The maximum absolute atomic E-state index is 14.8. The highest BCUT2D eigenvalue weighted by atomic mass is 19.4. The van der Waals surface area contributed by atoms with Gasteiger partial charge in [-0.2, -0.15) is 13.2 Å². The van der Waals surface area contributed by atoms with Crippen molar-refractivity contribution in [1.82, 2.24) is 24.8 Å². The maximum atomic E-state index is 14.8. The topological polar surface area (TPSA) is 75.1 Å². The van der Waals surface area contributed by atoms with Crippen molar-refractivity contribution in [3.63, 3.8) is 0 Å². The Morgan fingerprint density at radius 1 is 1.06 bits per heavy atom. The molecule has 1 saturated carbocycles. The fourth-order valence-electron chi connectivity index (χ4n) is 4.97. The molecule has 1 amide bonds. The smallest absolute Gasteiger partial charge is 0.353 e. The van der Waals surface area contributed by atoms with Gasteiger partial charge in [-0.3, -0.25) is 4.79 Å². The molecule has 176 valence electrons. The lowest BCUT2D eigenvalue weighted by atomic mass is 10.0. The van der Waals surface area contributed by atoms with E-state index in [1.54, 1.807) is 29.0 Å². The predicted molar refractivity (Wildman–Crippen MR) is 114 cm³/mol. The summed E-state index contributed by atoms with van der Waals surface area (Å²) >= 11 is 0. The number of hydrogen-bond acceptors (Lipinski definition) is 6. The van der Waals surface area contributed by atoms with Crippen LogP contribution < -0.4 is 4.90 Å². The quantitative estimate of drug-likeness (QED) is 0.538. The van der Waals surface area contributed by atoms with Crippen LogP contribution in [0.5, 0.6) is 0 Å². The first-order chi connectivity index (χ1) is 16.2. The summed E-state index contributed by atoms with van der Waals surface area (Å²) in [4.78, 5) is 32.7. The molecule has 0 unspecified atom stereocenters. The first-order valence-corrected chi connectivity index (χ1v) is 10.7. The highest BCUT2D eigenvalue weighted by Crippen LogP contribution is 2.42. The zero-order valence-corrected chi connectivity index (χ0v) is 18.1. The summed E-state index contributed by atoms with van der Waals surface area (Å²) in [5.74, 6) is -0.265. The maximum Gasteiger partial charge on any atom is 0.434 e. The molecule has 1 saturated heterocycles. The van der Waals surface area contributed by atoms with E-state index < -0.39 is 17.7 Å². The molecule has 7 nitrogen and oxygen atoms in total. The molecule has 1 aliphatic carbocycles. The first kappa shape index (κ1) is 22.2. The summed E-state index contributed by atoms with van der Waals surface area (Å²) in [7, 11) is 1.73. The second-order valence-electron chi connectivity index (χ2n) is 8.53. The van der Waals surface area contributed by atoms with Crippen LogP contribution in [0.15, 0.2) is 49.1 Å². The van der Waals surface area contributed by atoms with Crippen LogP contribution in [0.2, 0.25) is 0 Å². The molecule has 3 atom stereocenters. The van der Waals surface area contributed by atoms with Gasteiger partial charge in [-0.25, -0.2) is 24.3 Å². The van der Waals surface area contributed by atoms with Crippen LogP contribution in [0.25, 0.3) is 11.4 Å². The number of fused-ring (bicyclic) bond motifs is 2. The molecule has 0 N–H and O–H groups in total. The highest BCUT2D eigenvalue weighted by Gasteiger charge is 2.49. The largest absolute Gasteiger partial charge is 0.434 e. The number of piperidine rings is 1. The van der Waals surface area contributed by atoms with Crippen molar-refractivity contribution in [3.05, 3.63) is 66.1 Å². The van der Waals surface area contributed by atoms with Crippen molar-refractivity contribution in [2.75, 3.05) is 18.5 Å². The Morgan fingerprint density at radius 2 is 1.82 bits per heavy atom. The molecule has 3 heterocycles. The predicted octanol–water partition coefficient (Wildman–Crippen LogP) is 3.83. The number of alkyl halides is 3. The van der Waals surface area contributed by atoms with Crippen LogP contribution in [0.4, 0.5) is 23.4 Å². The van der Waals surface area contributed by atoms with E-state index in [2.05, 4.69) is 19.9 Å². The van der Waals surface area contributed by atoms with Gasteiger partial charge in [0.15, 0.2) is 11.5 Å². The van der Waals surface area contributed by atoms with Gasteiger partial charge in [-0.05, 0) is 37.0 Å². The molecule has 0 spiro atoms. The molecule has 0 radical (unpaired) electrons. The van der Waals surface area contributed by atoms with Gasteiger partial charge in [0.2, 0.25) is 0 Å². The SMILES string of the molecule is CN(c1cnc(C(F)(F)F)cn1)[C@@H]1C[C@@H]2C[C@@H]1N(C(=O)c1cccc(F)c1-c1ncccn1)C2. The Morgan fingerprint density at radius 3 is 2.47 bits per heavy atom. The lowest BCUT2D eigenvalue weighted by molar-refractivity contribution is -0.141. The van der Waals surface area contributed by atoms with Gasteiger partial charge in [-0.1, -0.05) is 6.07 Å². The van der Waals surface area contributed by atoms with Gasteiger partial charge in [0.05, 0.1) is 35.6 Å². The summed E-state index contributed by atoms with van der Waals surface area (Å²) in [5.41, 5.74) is -0.833. The van der Waals surface area contributed by atoms with E-state index in [1.165, 1.54) is 24.5 Å². The number of rotatable bonds is 4. The fraction of sp³-hybridized carbons (Fsp3) is 0.348. The lowest BCUT2D eigenvalue weighted by Crippen LogP contribution is -2.51. The van der Waals surface area contributed by atoms with Gasteiger partial charge < -0.3 is 9.80 Å². The Bertz CT molecular complexity index is 1200. The molecule has 2 bridgehead atoms. The molecule has 1 aliphatic heterocycles. The van der Waals surface area contributed by atoms with Crippen molar-refractivity contribution < 1.29 is 22.4 Å². The average Bonchev–Trinajstić information content (AvgIpc) is 3.44. The normalized spacial score (nSPS) is 21.7. The van der Waals surface area contributed by atoms with Crippen LogP contribution in [0.1, 0.15) is 28.9 Å². The lowest BCUT2D eigenvalue weighted by Gasteiger charge is -2.38. The number of anilines is 1. The number of carbonyl (C=O) groups is 1. The van der Waals surface area contributed by atoms with Gasteiger partial charge in [-0.15, -0.1) is 0 Å². The molecular formula is C23H20F4N6O. The third-order valence-electron chi connectivity index (χ3n) is 6.53. The number of carbonyl (C=O) groups excluding carboxylic acids is 1. The van der Waals surface area contributed by atoms with Crippen LogP contribution in [0.3, 0.4) is 0 Å². The number of amides is 1. The molecule has 5 rings (SSSR count). The van der Waals surface area contributed by atoms with Gasteiger partial charge >= 0.3 is 6.18 Å². The molecule has 11 heteroatoms. The number of likely N-dealkylation sites (tertiary alicyclic amines) is 1. The Balaban J connectivity index is 1.41. The van der Waals surface area contributed by atoms with Crippen LogP contribution in [-0.4, -0.2) is 56.4 Å². The number of halogens is 4. The Hall–Kier alpha value is -3.63. The van der Waals surface area contributed by atoms with Crippen molar-refractivity contribution in [2.24, 2.45) is 5.92 Å². The molecule has 2 fully saturated rings. The van der Waals surface area contributed by atoms with Crippen molar-refractivity contribution in [1.29, 1.82) is 0 Å². The summed E-state index contributed by atoms with van der Waals surface area (Å²) in [6, 6.07) is 5.56. The Labute approximate surface area is 192 Å². The van der Waals surface area contributed by atoms with E-state index in [9.17, 15) is 22.4 Å². The molecule has 34 heavy (non-hydrogen) atoms. The minimum absolute atomic E-state index is 0.0504. The molecular weight excluding hydrogens is 452 g/mol. The third-order valence-corrected chi connectivity index (χ3v) is 6.53. The second kappa shape index (κ2) is 8.30. The van der Waals surface area contributed by atoms with Crippen LogP contribution in [-0.2, 0) is 6.18 Å². The van der Waals surface area contributed by atoms with Crippen LogP contribution in [0, 0.1) is 11.7 Å². The highest BCUT2D eigenvalue weighted by molar-refractivity contribution is 6.00. The van der Waals surface area contributed by atoms with Gasteiger partial charge in [0.1, 0.15) is 11.6 Å². The van der Waals surface area contributed by atoms with E-state index in [0.717, 1.165) is 19.0 Å². The number of hydrogen-bond donors (Lipinski definition) is 0. The minimum atomic E-state index is -4.56. The summed E-state index contributed by atoms with van der Waals surface area (Å²) in [5, 5.41) is 0. The molecule has 3 aromatic rings. The second-order valence-corrected chi connectivity index (χ2v) is 8.53. The van der Waals surface area contributed by atoms with Crippen molar-refractivity contribution in [2.45, 2.75) is 31.1 Å². The number of likely N-dealkylation sites (N-methyl/N-ethyl adjacent to an activating group) is 1. The third kappa shape index (κ3) is 3.84. The van der Waals surface area contributed by atoms with Gasteiger partial charge in [0, 0.05) is 26.0 Å². The first-order valence-electron chi connectivity index (χ1n) is 10.7. The van der Waals surface area contributed by atoms with E-state index in [-0.39, 0.29) is 40.9 Å². The van der Waals surface area contributed by atoms with Crippen molar-refractivity contribution in [3.8, 4) is 11.4 Å². The van der Waals surface area contributed by atoms with E-state index in [0.29, 0.717) is 18.6 Å². The molecule has 2 aliphatic rings. The summed E-state index contributed by atoms with van der Waals surface area (Å²) < 4.78 is 53.3. The number of nitrogens with zero attached hydrogens (tertiary/aromatic N) is 6. The number of aromatic nitrogens is 4. The van der Waals surface area contributed by atoms with E-state index >= 15 is 0 Å². The minimum Gasteiger partial charge on any atom is -0.353 e. The fourth-order valence-corrected chi connectivity index (χ4v) is 4.97. The Kier molecular flexibility index (Phi) is 5.41. The standard InChI is InChI=1S/C23H20F4N6O/c1-32(19-11-30-18(10-31-19)23(25,26)27)16-8-13-9-17(16)33(12-13)22(34)14-4-2-5-15(24)20(14)21-28-6-3-7-29-21/h2-7,10-11,13,16-17H,8-9,12H2,1H3/t13-,16-,17+/m1/s1. The zero-order chi connectivity index (χ0) is 24.0.